The van der Waals surface area contributed by atoms with E-state index in [0.29, 0.717) is 11.0 Å². The molecule has 0 spiro atoms. The van der Waals surface area contributed by atoms with Gasteiger partial charge in [0.25, 0.3) is 0 Å². The highest BCUT2D eigenvalue weighted by atomic mass is 19.1. The number of halogens is 1. The summed E-state index contributed by atoms with van der Waals surface area (Å²) in [5, 5.41) is 18.5. The first kappa shape index (κ1) is 15.7. The monoisotopic (exact) mass is 262 g/mol. The molecule has 1 N–H and O–H groups in total. The van der Waals surface area contributed by atoms with Gasteiger partial charge in [-0.3, -0.25) is 0 Å². The van der Waals surface area contributed by atoms with E-state index >= 15 is 0 Å². The highest BCUT2D eigenvalue weighted by Crippen LogP contribution is 2.24. The Kier molecular flexibility index (Phi) is 4.73. The molecular weight excluding hydrogens is 244 g/mol. The van der Waals surface area contributed by atoms with E-state index in [-0.39, 0.29) is 6.42 Å². The summed E-state index contributed by atoms with van der Waals surface area (Å²) in [5.74, 6) is -0.431. The van der Waals surface area contributed by atoms with Crippen molar-refractivity contribution in [1.82, 2.24) is 0 Å². The van der Waals surface area contributed by atoms with E-state index in [1.54, 1.807) is 39.8 Å². The van der Waals surface area contributed by atoms with Gasteiger partial charge in [-0.05, 0) is 33.8 Å². The van der Waals surface area contributed by atoms with Crippen LogP contribution in [0.3, 0.4) is 0 Å². The first-order chi connectivity index (χ1) is 8.67. The Morgan fingerprint density at radius 1 is 1.37 bits per heavy atom. The molecule has 0 aliphatic carbocycles. The summed E-state index contributed by atoms with van der Waals surface area (Å²) in [7, 11) is 1.41. The van der Waals surface area contributed by atoms with Crippen molar-refractivity contribution in [1.29, 1.82) is 5.26 Å². The van der Waals surface area contributed by atoms with Gasteiger partial charge < -0.3 is 9.76 Å². The smallest absolute Gasteiger partial charge is 0.331 e. The Bertz CT molecular complexity index is 489. The summed E-state index contributed by atoms with van der Waals surface area (Å²) >= 11 is 0. The van der Waals surface area contributed by atoms with E-state index in [1.165, 1.54) is 13.5 Å². The summed E-state index contributed by atoms with van der Waals surface area (Å²) in [6.07, 6.45) is 0.0438. The molecule has 0 heterocycles. The predicted molar refractivity (Wildman–Crippen MR) is 72.6 cm³/mol. The molecule has 0 aromatic heterocycles. The van der Waals surface area contributed by atoms with Gasteiger partial charge in [0, 0.05) is 5.56 Å². The lowest BCUT2D eigenvalue weighted by Crippen LogP contribution is -2.49. The Balaban J connectivity index is 2.75. The summed E-state index contributed by atoms with van der Waals surface area (Å²) in [5.41, 5.74) is -0.907. The molecule has 1 aromatic carbocycles. The van der Waals surface area contributed by atoms with E-state index in [0.717, 1.165) is 0 Å². The molecule has 0 aliphatic rings. The maximum Gasteiger partial charge on any atom is 0.331 e. The second kappa shape index (κ2) is 5.73. The highest BCUT2D eigenvalue weighted by Gasteiger charge is 2.35. The molecule has 19 heavy (non-hydrogen) atoms. The first-order valence-electron chi connectivity index (χ1n) is 6.06. The van der Waals surface area contributed by atoms with E-state index in [2.05, 4.69) is 0 Å². The van der Waals surface area contributed by atoms with E-state index < -0.39 is 17.0 Å². The quantitative estimate of drug-likeness (QED) is 0.822. The average molecular weight is 262 g/mol. The van der Waals surface area contributed by atoms with Crippen molar-refractivity contribution in [3.8, 4) is 6.07 Å². The summed E-state index contributed by atoms with van der Waals surface area (Å²) < 4.78 is 19.1. The molecular formula is C14H18BFNO2. The Labute approximate surface area is 114 Å². The molecule has 101 valence electrons. The van der Waals surface area contributed by atoms with Crippen LogP contribution in [-0.2, 0) is 11.1 Å². The molecule has 0 saturated heterocycles. The number of nitrogens with zero attached hydrogens (tertiary/aromatic N) is 1. The molecule has 1 rings (SSSR count). The van der Waals surface area contributed by atoms with Gasteiger partial charge in [-0.25, -0.2) is 4.39 Å². The molecule has 1 radical (unpaired) electrons. The van der Waals surface area contributed by atoms with Crippen molar-refractivity contribution >= 4 is 12.9 Å². The molecule has 0 unspecified atom stereocenters. The molecule has 0 saturated carbocycles. The van der Waals surface area contributed by atoms with Crippen LogP contribution < -0.4 is 5.46 Å². The Morgan fingerprint density at radius 2 is 2.00 bits per heavy atom. The second-order valence-corrected chi connectivity index (χ2v) is 5.49. The van der Waals surface area contributed by atoms with Gasteiger partial charge in [0.15, 0.2) is 0 Å². The van der Waals surface area contributed by atoms with Gasteiger partial charge in [-0.15, -0.1) is 0 Å². The average Bonchev–Trinajstić information content (AvgIpc) is 2.28. The van der Waals surface area contributed by atoms with Gasteiger partial charge in [0.2, 0.25) is 0 Å². The zero-order chi connectivity index (χ0) is 14.7. The third kappa shape index (κ3) is 4.05. The van der Waals surface area contributed by atoms with Crippen LogP contribution in [0.1, 0.15) is 33.3 Å². The Morgan fingerprint density at radius 3 is 2.47 bits per heavy atom. The van der Waals surface area contributed by atoms with Crippen molar-refractivity contribution in [3.63, 3.8) is 0 Å². The van der Waals surface area contributed by atoms with E-state index in [1.807, 2.05) is 6.07 Å². The molecule has 1 aromatic rings. The zero-order valence-electron chi connectivity index (χ0n) is 11.7. The number of aliphatic hydroxyl groups is 1. The second-order valence-electron chi connectivity index (χ2n) is 5.49. The van der Waals surface area contributed by atoms with Crippen LogP contribution in [0, 0.1) is 17.1 Å². The van der Waals surface area contributed by atoms with Gasteiger partial charge in [-0.1, -0.05) is 17.6 Å². The van der Waals surface area contributed by atoms with Crippen LogP contribution in [0.2, 0.25) is 0 Å². The van der Waals surface area contributed by atoms with E-state index in [9.17, 15) is 9.50 Å². The summed E-state index contributed by atoms with van der Waals surface area (Å²) in [6.45, 7) is 6.81. The predicted octanol–water partition coefficient (Wildman–Crippen LogP) is 1.70. The van der Waals surface area contributed by atoms with Gasteiger partial charge in [0.05, 0.1) is 23.7 Å². The van der Waals surface area contributed by atoms with Crippen molar-refractivity contribution in [2.75, 3.05) is 0 Å². The largest absolute Gasteiger partial charge is 0.427 e. The van der Waals surface area contributed by atoms with E-state index in [4.69, 9.17) is 9.92 Å². The summed E-state index contributed by atoms with van der Waals surface area (Å²) in [6, 6.07) is 6.46. The lowest BCUT2D eigenvalue weighted by molar-refractivity contribution is -0.0893. The molecule has 0 amide bonds. The van der Waals surface area contributed by atoms with Crippen molar-refractivity contribution < 1.29 is 14.2 Å². The minimum atomic E-state index is -1.03. The molecule has 5 heteroatoms. The number of hydrogen-bond acceptors (Lipinski definition) is 3. The van der Waals surface area contributed by atoms with Crippen LogP contribution >= 0.6 is 0 Å². The fraction of sp³-hybridized carbons (Fsp3) is 0.500. The maximum absolute atomic E-state index is 13.6. The topological polar surface area (TPSA) is 53.2 Å². The lowest BCUT2D eigenvalue weighted by Gasteiger charge is -2.37. The molecule has 0 atom stereocenters. The van der Waals surface area contributed by atoms with Crippen LogP contribution in [-0.4, -0.2) is 23.8 Å². The SMILES string of the molecule is CC(C)(O)C(C)(C)O[B]c1ccc(CC#N)c(F)c1. The molecule has 0 fully saturated rings. The van der Waals surface area contributed by atoms with Crippen LogP contribution in [0.25, 0.3) is 0 Å². The fourth-order valence-corrected chi connectivity index (χ4v) is 1.22. The zero-order valence-corrected chi connectivity index (χ0v) is 11.7. The number of nitriles is 1. The minimum Gasteiger partial charge on any atom is -0.427 e. The van der Waals surface area contributed by atoms with Crippen molar-refractivity contribution in [3.05, 3.63) is 29.6 Å². The van der Waals surface area contributed by atoms with Crippen LogP contribution in [0.15, 0.2) is 18.2 Å². The first-order valence-corrected chi connectivity index (χ1v) is 6.06. The maximum atomic E-state index is 13.6. The van der Waals surface area contributed by atoms with Crippen molar-refractivity contribution in [2.45, 2.75) is 45.3 Å². The third-order valence-corrected chi connectivity index (χ3v) is 3.31. The molecule has 0 bridgehead atoms. The van der Waals surface area contributed by atoms with Gasteiger partial charge in [0.1, 0.15) is 5.82 Å². The Hall–Kier alpha value is -1.38. The normalized spacial score (nSPS) is 12.1. The van der Waals surface area contributed by atoms with Crippen LogP contribution in [0.5, 0.6) is 0 Å². The standard InChI is InChI=1S/C14H18BFNO2/c1-13(2,18)14(3,4)19-15-11-6-5-10(7-8-17)12(16)9-11/h5-6,9,18H,7H2,1-4H3. The minimum absolute atomic E-state index is 0.0438. The van der Waals surface area contributed by atoms with Gasteiger partial charge >= 0.3 is 7.48 Å². The number of hydrogen-bond donors (Lipinski definition) is 1. The number of benzene rings is 1. The number of rotatable bonds is 5. The highest BCUT2D eigenvalue weighted by molar-refractivity contribution is 6.47. The third-order valence-electron chi connectivity index (χ3n) is 3.31. The van der Waals surface area contributed by atoms with Crippen LogP contribution in [0.4, 0.5) is 4.39 Å². The summed E-state index contributed by atoms with van der Waals surface area (Å²) in [4.78, 5) is 0. The van der Waals surface area contributed by atoms with Gasteiger partial charge in [-0.2, -0.15) is 5.26 Å². The lowest BCUT2D eigenvalue weighted by atomic mass is 9.82. The van der Waals surface area contributed by atoms with Crippen molar-refractivity contribution in [2.24, 2.45) is 0 Å². The molecule has 3 nitrogen and oxygen atoms in total. The fourth-order valence-electron chi connectivity index (χ4n) is 1.22. The molecule has 0 aliphatic heterocycles.